The zero-order valence-electron chi connectivity index (χ0n) is 7.56. The number of rotatable bonds is 3. The third-order valence-electron chi connectivity index (χ3n) is 1.67. The van der Waals surface area contributed by atoms with Gasteiger partial charge in [0.05, 0.1) is 7.11 Å². The van der Waals surface area contributed by atoms with Gasteiger partial charge in [-0.25, -0.2) is 0 Å². The predicted molar refractivity (Wildman–Crippen MR) is 50.5 cm³/mol. The van der Waals surface area contributed by atoms with Crippen LogP contribution in [0.3, 0.4) is 0 Å². The van der Waals surface area contributed by atoms with Gasteiger partial charge in [0.25, 0.3) is 5.95 Å². The summed E-state index contributed by atoms with van der Waals surface area (Å²) < 4.78 is 5.07. The van der Waals surface area contributed by atoms with Crippen LogP contribution < -0.4 is 10.1 Å². The Morgan fingerprint density at radius 3 is 3.07 bits per heavy atom. The van der Waals surface area contributed by atoms with E-state index in [0.717, 1.165) is 11.4 Å². The molecular weight excluding hydrogens is 182 g/mol. The molecule has 0 aliphatic carbocycles. The molecule has 0 aliphatic rings. The number of H-pyrrole nitrogens is 1. The molecule has 0 radical (unpaired) electrons. The van der Waals surface area contributed by atoms with Gasteiger partial charge in [-0.2, -0.15) is 5.21 Å². The lowest BCUT2D eigenvalue weighted by molar-refractivity contribution is 0.415. The maximum absolute atomic E-state index is 5.07. The highest BCUT2D eigenvalue weighted by Crippen LogP contribution is 2.18. The van der Waals surface area contributed by atoms with E-state index in [9.17, 15) is 0 Å². The quantitative estimate of drug-likeness (QED) is 0.755. The molecule has 0 atom stereocenters. The summed E-state index contributed by atoms with van der Waals surface area (Å²) in [6.07, 6.45) is 0. The molecule has 0 saturated heterocycles. The standard InChI is InChI=1S/C8H9N5O/c1-14-7-4-2-3-6(5-7)9-8-10-12-13-11-8/h2-5H,1H3,(H2,9,10,11,12,13). The van der Waals surface area contributed by atoms with Gasteiger partial charge in [-0.1, -0.05) is 11.2 Å². The molecule has 0 amide bonds. The summed E-state index contributed by atoms with van der Waals surface area (Å²) >= 11 is 0. The van der Waals surface area contributed by atoms with Crippen molar-refractivity contribution in [3.05, 3.63) is 24.3 Å². The van der Waals surface area contributed by atoms with Gasteiger partial charge in [0.2, 0.25) is 0 Å². The van der Waals surface area contributed by atoms with E-state index in [1.807, 2.05) is 24.3 Å². The minimum Gasteiger partial charge on any atom is -0.497 e. The lowest BCUT2D eigenvalue weighted by atomic mass is 10.3. The van der Waals surface area contributed by atoms with Crippen LogP contribution in [0.5, 0.6) is 5.75 Å². The molecule has 0 bridgehead atoms. The molecule has 1 aromatic carbocycles. The highest BCUT2D eigenvalue weighted by molar-refractivity contribution is 5.55. The number of hydrogen-bond donors (Lipinski definition) is 2. The van der Waals surface area contributed by atoms with E-state index >= 15 is 0 Å². The first kappa shape index (κ1) is 8.49. The SMILES string of the molecule is COc1cccc(Nc2nn[nH]n2)c1. The molecule has 0 unspecified atom stereocenters. The van der Waals surface area contributed by atoms with Gasteiger partial charge in [-0.05, 0) is 17.3 Å². The molecule has 0 spiro atoms. The first-order valence-electron chi connectivity index (χ1n) is 4.03. The number of aromatic amines is 1. The van der Waals surface area contributed by atoms with E-state index in [-0.39, 0.29) is 0 Å². The van der Waals surface area contributed by atoms with E-state index < -0.39 is 0 Å². The summed E-state index contributed by atoms with van der Waals surface area (Å²) in [7, 11) is 1.62. The molecule has 2 N–H and O–H groups in total. The highest BCUT2D eigenvalue weighted by Gasteiger charge is 1.99. The smallest absolute Gasteiger partial charge is 0.267 e. The monoisotopic (exact) mass is 191 g/mol. The number of anilines is 2. The fourth-order valence-electron chi connectivity index (χ4n) is 1.04. The van der Waals surface area contributed by atoms with E-state index in [1.54, 1.807) is 7.11 Å². The number of nitrogens with one attached hydrogen (secondary N) is 2. The van der Waals surface area contributed by atoms with Gasteiger partial charge in [-0.15, -0.1) is 5.10 Å². The number of ether oxygens (including phenoxy) is 1. The minimum absolute atomic E-state index is 0.429. The van der Waals surface area contributed by atoms with Crippen LogP contribution in [0, 0.1) is 0 Å². The molecule has 0 aliphatic heterocycles. The second-order valence-electron chi connectivity index (χ2n) is 2.59. The Morgan fingerprint density at radius 2 is 2.36 bits per heavy atom. The number of methoxy groups -OCH3 is 1. The van der Waals surface area contributed by atoms with Crippen molar-refractivity contribution in [3.8, 4) is 5.75 Å². The van der Waals surface area contributed by atoms with Gasteiger partial charge in [0.15, 0.2) is 0 Å². The Morgan fingerprint density at radius 1 is 1.43 bits per heavy atom. The third kappa shape index (κ3) is 1.79. The maximum Gasteiger partial charge on any atom is 0.267 e. The predicted octanol–water partition coefficient (Wildman–Crippen LogP) is 0.952. The summed E-state index contributed by atoms with van der Waals surface area (Å²) in [6.45, 7) is 0. The minimum atomic E-state index is 0.429. The largest absolute Gasteiger partial charge is 0.497 e. The first-order valence-corrected chi connectivity index (χ1v) is 4.03. The third-order valence-corrected chi connectivity index (χ3v) is 1.67. The second-order valence-corrected chi connectivity index (χ2v) is 2.59. The summed E-state index contributed by atoms with van der Waals surface area (Å²) in [5, 5.41) is 16.3. The second kappa shape index (κ2) is 3.73. The number of aromatic nitrogens is 4. The molecule has 0 fully saturated rings. The van der Waals surface area contributed by atoms with E-state index in [2.05, 4.69) is 25.9 Å². The van der Waals surface area contributed by atoms with E-state index in [4.69, 9.17) is 4.74 Å². The Kier molecular flexibility index (Phi) is 2.26. The van der Waals surface area contributed by atoms with Crippen LogP contribution in [0.1, 0.15) is 0 Å². The number of hydrogen-bond acceptors (Lipinski definition) is 5. The molecule has 14 heavy (non-hydrogen) atoms. The molecule has 0 saturated carbocycles. The zero-order chi connectivity index (χ0) is 9.80. The number of benzene rings is 1. The average Bonchev–Trinajstić information content (AvgIpc) is 2.71. The molecule has 1 aromatic heterocycles. The fourth-order valence-corrected chi connectivity index (χ4v) is 1.04. The average molecular weight is 191 g/mol. The van der Waals surface area contributed by atoms with Crippen LogP contribution >= 0.6 is 0 Å². The molecule has 1 heterocycles. The first-order chi connectivity index (χ1) is 6.88. The van der Waals surface area contributed by atoms with Crippen LogP contribution in [0.2, 0.25) is 0 Å². The van der Waals surface area contributed by atoms with E-state index in [0.29, 0.717) is 5.95 Å². The van der Waals surface area contributed by atoms with Crippen LogP contribution in [0.25, 0.3) is 0 Å². The van der Waals surface area contributed by atoms with Crippen LogP contribution in [-0.2, 0) is 0 Å². The molecule has 72 valence electrons. The van der Waals surface area contributed by atoms with Crippen molar-refractivity contribution in [2.75, 3.05) is 12.4 Å². The van der Waals surface area contributed by atoms with Gasteiger partial charge in [0, 0.05) is 11.8 Å². The Labute approximate surface area is 80.3 Å². The maximum atomic E-state index is 5.07. The fraction of sp³-hybridized carbons (Fsp3) is 0.125. The summed E-state index contributed by atoms with van der Waals surface area (Å²) in [5.41, 5.74) is 0.853. The number of nitrogens with zero attached hydrogens (tertiary/aromatic N) is 3. The lowest BCUT2D eigenvalue weighted by Crippen LogP contribution is -1.93. The van der Waals surface area contributed by atoms with Crippen molar-refractivity contribution >= 4 is 11.6 Å². The molecule has 2 aromatic rings. The van der Waals surface area contributed by atoms with Crippen molar-refractivity contribution in [2.24, 2.45) is 0 Å². The Balaban J connectivity index is 2.17. The van der Waals surface area contributed by atoms with Gasteiger partial charge in [-0.3, -0.25) is 0 Å². The van der Waals surface area contributed by atoms with Crippen LogP contribution in [0.15, 0.2) is 24.3 Å². The van der Waals surface area contributed by atoms with Crippen molar-refractivity contribution in [3.63, 3.8) is 0 Å². The highest BCUT2D eigenvalue weighted by atomic mass is 16.5. The summed E-state index contributed by atoms with van der Waals surface area (Å²) in [4.78, 5) is 0. The van der Waals surface area contributed by atoms with Gasteiger partial charge < -0.3 is 10.1 Å². The molecule has 2 rings (SSSR count). The normalized spacial score (nSPS) is 9.79. The van der Waals surface area contributed by atoms with Crippen molar-refractivity contribution in [1.29, 1.82) is 0 Å². The van der Waals surface area contributed by atoms with E-state index in [1.165, 1.54) is 0 Å². The molecule has 6 nitrogen and oxygen atoms in total. The summed E-state index contributed by atoms with van der Waals surface area (Å²) in [6, 6.07) is 7.47. The van der Waals surface area contributed by atoms with Crippen molar-refractivity contribution < 1.29 is 4.74 Å². The van der Waals surface area contributed by atoms with Gasteiger partial charge in [0.1, 0.15) is 5.75 Å². The van der Waals surface area contributed by atoms with Gasteiger partial charge >= 0.3 is 0 Å². The van der Waals surface area contributed by atoms with Crippen LogP contribution in [0.4, 0.5) is 11.6 Å². The topological polar surface area (TPSA) is 75.7 Å². The summed E-state index contributed by atoms with van der Waals surface area (Å²) in [5.74, 6) is 1.21. The molecular formula is C8H9N5O. The zero-order valence-corrected chi connectivity index (χ0v) is 7.56. The van der Waals surface area contributed by atoms with Crippen molar-refractivity contribution in [2.45, 2.75) is 0 Å². The van der Waals surface area contributed by atoms with Crippen molar-refractivity contribution in [1.82, 2.24) is 20.6 Å². The van der Waals surface area contributed by atoms with Crippen LogP contribution in [-0.4, -0.2) is 27.7 Å². The number of tetrazole rings is 1. The Bertz CT molecular complexity index is 400. The lowest BCUT2D eigenvalue weighted by Gasteiger charge is -2.03. The Hall–Kier alpha value is -2.11. The molecule has 6 heteroatoms.